The first-order valence-electron chi connectivity index (χ1n) is 5.05. The van der Waals surface area contributed by atoms with E-state index in [2.05, 4.69) is 13.8 Å². The predicted octanol–water partition coefficient (Wildman–Crippen LogP) is 1.28. The summed E-state index contributed by atoms with van der Waals surface area (Å²) in [5.41, 5.74) is 0. The minimum absolute atomic E-state index is 0.278. The van der Waals surface area contributed by atoms with Gasteiger partial charge >= 0.3 is 0 Å². The maximum atomic E-state index is 11.6. The molecular formula is C10H19NO2. The second-order valence-corrected chi connectivity index (χ2v) is 3.94. The molecule has 1 aliphatic heterocycles. The fourth-order valence-corrected chi connectivity index (χ4v) is 1.47. The summed E-state index contributed by atoms with van der Waals surface area (Å²) in [6, 6.07) is 0. The van der Waals surface area contributed by atoms with Crippen molar-refractivity contribution in [2.24, 2.45) is 5.92 Å². The lowest BCUT2D eigenvalue weighted by Crippen LogP contribution is -2.33. The third-order valence-electron chi connectivity index (χ3n) is 2.16. The molecule has 0 radical (unpaired) electrons. The first kappa shape index (κ1) is 10.5. The lowest BCUT2D eigenvalue weighted by molar-refractivity contribution is -0.132. The molecule has 0 bridgehead atoms. The van der Waals surface area contributed by atoms with Crippen molar-refractivity contribution in [3.05, 3.63) is 0 Å². The van der Waals surface area contributed by atoms with Crippen LogP contribution in [-0.2, 0) is 9.53 Å². The number of carbonyl (C=O) groups is 1. The Morgan fingerprint density at radius 1 is 1.38 bits per heavy atom. The lowest BCUT2D eigenvalue weighted by Gasteiger charge is -2.20. The summed E-state index contributed by atoms with van der Waals surface area (Å²) in [6.07, 6.45) is 1.64. The summed E-state index contributed by atoms with van der Waals surface area (Å²) in [5.74, 6) is 0.733. The molecule has 3 nitrogen and oxygen atoms in total. The Morgan fingerprint density at radius 3 is 2.85 bits per heavy atom. The molecule has 3 heteroatoms. The third kappa shape index (κ3) is 3.77. The minimum Gasteiger partial charge on any atom is -0.380 e. The van der Waals surface area contributed by atoms with E-state index in [0.717, 1.165) is 26.1 Å². The molecule has 0 aromatic rings. The smallest absolute Gasteiger partial charge is 0.222 e. The zero-order chi connectivity index (χ0) is 9.68. The van der Waals surface area contributed by atoms with E-state index in [4.69, 9.17) is 4.74 Å². The number of ether oxygens (including phenoxy) is 1. The van der Waals surface area contributed by atoms with Crippen LogP contribution in [0.15, 0.2) is 0 Å². The van der Waals surface area contributed by atoms with Crippen molar-refractivity contribution in [1.29, 1.82) is 0 Å². The Morgan fingerprint density at radius 2 is 2.15 bits per heavy atom. The van der Waals surface area contributed by atoms with Crippen molar-refractivity contribution in [1.82, 2.24) is 4.90 Å². The Kier molecular flexibility index (Phi) is 4.22. The van der Waals surface area contributed by atoms with Crippen molar-refractivity contribution in [3.8, 4) is 0 Å². The molecule has 1 amide bonds. The summed E-state index contributed by atoms with van der Waals surface area (Å²) in [6.45, 7) is 7.28. The van der Waals surface area contributed by atoms with Gasteiger partial charge in [-0.2, -0.15) is 0 Å². The fourth-order valence-electron chi connectivity index (χ4n) is 1.47. The maximum absolute atomic E-state index is 11.6. The van der Waals surface area contributed by atoms with E-state index in [9.17, 15) is 4.79 Å². The monoisotopic (exact) mass is 185 g/mol. The van der Waals surface area contributed by atoms with Gasteiger partial charge in [-0.1, -0.05) is 13.8 Å². The highest BCUT2D eigenvalue weighted by molar-refractivity contribution is 5.76. The van der Waals surface area contributed by atoms with Crippen LogP contribution in [0.3, 0.4) is 0 Å². The van der Waals surface area contributed by atoms with E-state index in [1.165, 1.54) is 0 Å². The lowest BCUT2D eigenvalue weighted by atomic mass is 10.1. The molecule has 1 saturated heterocycles. The highest BCUT2D eigenvalue weighted by Gasteiger charge is 2.15. The number of hydrogen-bond acceptors (Lipinski definition) is 2. The largest absolute Gasteiger partial charge is 0.380 e. The molecule has 0 saturated carbocycles. The summed E-state index contributed by atoms with van der Waals surface area (Å²) in [5, 5.41) is 0. The number of hydrogen-bond donors (Lipinski definition) is 0. The van der Waals surface area contributed by atoms with Crippen LogP contribution in [0.4, 0.5) is 0 Å². The third-order valence-corrected chi connectivity index (χ3v) is 2.16. The van der Waals surface area contributed by atoms with E-state index in [-0.39, 0.29) is 5.91 Å². The van der Waals surface area contributed by atoms with Crippen LogP contribution in [0, 0.1) is 5.92 Å². The van der Waals surface area contributed by atoms with E-state index in [1.807, 2.05) is 4.90 Å². The summed E-state index contributed by atoms with van der Waals surface area (Å²) in [4.78, 5) is 13.6. The van der Waals surface area contributed by atoms with Crippen molar-refractivity contribution in [2.75, 3.05) is 26.3 Å². The Balaban J connectivity index is 2.35. The molecule has 0 spiro atoms. The zero-order valence-electron chi connectivity index (χ0n) is 8.58. The van der Waals surface area contributed by atoms with Gasteiger partial charge in [0.1, 0.15) is 0 Å². The average molecular weight is 185 g/mol. The molecule has 0 aliphatic carbocycles. The molecule has 0 unspecified atom stereocenters. The van der Waals surface area contributed by atoms with Crippen LogP contribution in [0.25, 0.3) is 0 Å². The van der Waals surface area contributed by atoms with Crippen molar-refractivity contribution in [2.45, 2.75) is 26.7 Å². The molecule has 0 atom stereocenters. The van der Waals surface area contributed by atoms with Gasteiger partial charge in [0.2, 0.25) is 5.91 Å². The molecule has 1 aliphatic rings. The van der Waals surface area contributed by atoms with Crippen LogP contribution in [-0.4, -0.2) is 37.1 Å². The van der Waals surface area contributed by atoms with Crippen molar-refractivity contribution < 1.29 is 9.53 Å². The average Bonchev–Trinajstić information content (AvgIpc) is 2.29. The van der Waals surface area contributed by atoms with Crippen LogP contribution in [0.5, 0.6) is 0 Å². The molecule has 76 valence electrons. The van der Waals surface area contributed by atoms with Gasteiger partial charge in [0.25, 0.3) is 0 Å². The normalized spacial score (nSPS) is 18.8. The first-order valence-corrected chi connectivity index (χ1v) is 5.05. The van der Waals surface area contributed by atoms with Crippen LogP contribution < -0.4 is 0 Å². The number of carbonyl (C=O) groups excluding carboxylic acids is 1. The Hall–Kier alpha value is -0.570. The minimum atomic E-state index is 0.278. The van der Waals surface area contributed by atoms with Crippen molar-refractivity contribution in [3.63, 3.8) is 0 Å². The Bertz CT molecular complexity index is 160. The second-order valence-electron chi connectivity index (χ2n) is 3.94. The molecule has 1 heterocycles. The molecule has 0 N–H and O–H groups in total. The predicted molar refractivity (Wildman–Crippen MR) is 51.5 cm³/mol. The number of amides is 1. The van der Waals surface area contributed by atoms with Gasteiger partial charge in [-0.3, -0.25) is 4.79 Å². The van der Waals surface area contributed by atoms with E-state index < -0.39 is 0 Å². The van der Waals surface area contributed by atoms with Gasteiger partial charge in [0.05, 0.1) is 6.61 Å². The molecule has 0 aromatic heterocycles. The molecule has 1 rings (SSSR count). The van der Waals surface area contributed by atoms with Gasteiger partial charge < -0.3 is 9.64 Å². The van der Waals surface area contributed by atoms with Crippen LogP contribution in [0.1, 0.15) is 26.7 Å². The van der Waals surface area contributed by atoms with Gasteiger partial charge in [-0.05, 0) is 12.3 Å². The van der Waals surface area contributed by atoms with Gasteiger partial charge in [-0.25, -0.2) is 0 Å². The maximum Gasteiger partial charge on any atom is 0.222 e. The van der Waals surface area contributed by atoms with Crippen LogP contribution >= 0.6 is 0 Å². The molecule has 13 heavy (non-hydrogen) atoms. The van der Waals surface area contributed by atoms with Crippen molar-refractivity contribution >= 4 is 5.91 Å². The quantitative estimate of drug-likeness (QED) is 0.648. The van der Waals surface area contributed by atoms with E-state index in [0.29, 0.717) is 18.9 Å². The highest BCUT2D eigenvalue weighted by Crippen LogP contribution is 2.06. The fraction of sp³-hybridized carbons (Fsp3) is 0.900. The Labute approximate surface area is 80.1 Å². The molecular weight excluding hydrogens is 166 g/mol. The van der Waals surface area contributed by atoms with Gasteiger partial charge in [-0.15, -0.1) is 0 Å². The standard InChI is InChI=1S/C10H19NO2/c1-9(2)8-10(12)11-4-3-6-13-7-5-11/h9H,3-8H2,1-2H3. The second kappa shape index (κ2) is 5.22. The topological polar surface area (TPSA) is 29.5 Å². The van der Waals surface area contributed by atoms with Gasteiger partial charge in [0.15, 0.2) is 0 Å². The highest BCUT2D eigenvalue weighted by atomic mass is 16.5. The number of nitrogens with zero attached hydrogens (tertiary/aromatic N) is 1. The van der Waals surface area contributed by atoms with E-state index >= 15 is 0 Å². The SMILES string of the molecule is CC(C)CC(=O)N1CCCOCC1. The summed E-state index contributed by atoms with van der Waals surface area (Å²) in [7, 11) is 0. The summed E-state index contributed by atoms with van der Waals surface area (Å²) < 4.78 is 5.29. The molecule has 1 fully saturated rings. The van der Waals surface area contributed by atoms with Crippen LogP contribution in [0.2, 0.25) is 0 Å². The van der Waals surface area contributed by atoms with Gasteiger partial charge in [0, 0.05) is 26.1 Å². The zero-order valence-corrected chi connectivity index (χ0v) is 8.58. The number of rotatable bonds is 2. The molecule has 0 aromatic carbocycles. The van der Waals surface area contributed by atoms with E-state index in [1.54, 1.807) is 0 Å². The first-order chi connectivity index (χ1) is 6.20. The summed E-state index contributed by atoms with van der Waals surface area (Å²) >= 11 is 0.